The zero-order chi connectivity index (χ0) is 11.3. The van der Waals surface area contributed by atoms with E-state index in [1.807, 2.05) is 4.90 Å². The van der Waals surface area contributed by atoms with Crippen LogP contribution in [0.5, 0.6) is 0 Å². The van der Waals surface area contributed by atoms with E-state index in [9.17, 15) is 4.79 Å². The molecule has 1 saturated heterocycles. The summed E-state index contributed by atoms with van der Waals surface area (Å²) in [6, 6.07) is 0. The van der Waals surface area contributed by atoms with E-state index in [4.69, 9.17) is 4.74 Å². The first-order valence-corrected chi connectivity index (χ1v) is 5.96. The number of likely N-dealkylation sites (tertiary alicyclic amines) is 1. The van der Waals surface area contributed by atoms with Crippen molar-refractivity contribution in [2.24, 2.45) is 11.8 Å². The lowest BCUT2D eigenvalue weighted by Gasteiger charge is -2.31. The van der Waals surface area contributed by atoms with Gasteiger partial charge in [0.2, 0.25) is 0 Å². The van der Waals surface area contributed by atoms with Crippen molar-refractivity contribution in [1.29, 1.82) is 0 Å². The van der Waals surface area contributed by atoms with Crippen molar-refractivity contribution in [3.8, 4) is 0 Å². The topological polar surface area (TPSA) is 29.5 Å². The summed E-state index contributed by atoms with van der Waals surface area (Å²) >= 11 is 0. The Balaban J connectivity index is 2.21. The average Bonchev–Trinajstić information content (AvgIpc) is 2.26. The molecule has 0 aromatic carbocycles. The van der Waals surface area contributed by atoms with Crippen molar-refractivity contribution < 1.29 is 9.53 Å². The summed E-state index contributed by atoms with van der Waals surface area (Å²) in [5.41, 5.74) is 0. The molecule has 0 saturated carbocycles. The molecule has 15 heavy (non-hydrogen) atoms. The number of amides is 1. The highest BCUT2D eigenvalue weighted by molar-refractivity contribution is 5.67. The molecule has 1 amide bonds. The molecule has 0 bridgehead atoms. The molecule has 3 nitrogen and oxygen atoms in total. The summed E-state index contributed by atoms with van der Waals surface area (Å²) in [5.74, 6) is 1.61. The number of hydrogen-bond acceptors (Lipinski definition) is 2. The summed E-state index contributed by atoms with van der Waals surface area (Å²) in [6.07, 6.45) is 4.73. The summed E-state index contributed by atoms with van der Waals surface area (Å²) in [6.45, 7) is 6.28. The van der Waals surface area contributed by atoms with Crippen molar-refractivity contribution in [3.05, 3.63) is 0 Å². The van der Waals surface area contributed by atoms with Crippen molar-refractivity contribution in [2.45, 2.75) is 39.5 Å². The molecule has 1 aliphatic rings. The summed E-state index contributed by atoms with van der Waals surface area (Å²) in [5, 5.41) is 0. The molecule has 88 valence electrons. The lowest BCUT2D eigenvalue weighted by atomic mass is 9.90. The Kier molecular flexibility index (Phi) is 4.92. The van der Waals surface area contributed by atoms with E-state index >= 15 is 0 Å². The van der Waals surface area contributed by atoms with Gasteiger partial charge in [-0.1, -0.05) is 26.7 Å². The maximum Gasteiger partial charge on any atom is 0.409 e. The van der Waals surface area contributed by atoms with Gasteiger partial charge in [-0.25, -0.2) is 4.79 Å². The van der Waals surface area contributed by atoms with Crippen LogP contribution in [0.15, 0.2) is 0 Å². The monoisotopic (exact) mass is 213 g/mol. The van der Waals surface area contributed by atoms with E-state index in [2.05, 4.69) is 13.8 Å². The largest absolute Gasteiger partial charge is 0.453 e. The van der Waals surface area contributed by atoms with Crippen LogP contribution in [0.2, 0.25) is 0 Å². The fourth-order valence-corrected chi connectivity index (χ4v) is 2.10. The van der Waals surface area contributed by atoms with Gasteiger partial charge in [-0.15, -0.1) is 0 Å². The number of carbonyl (C=O) groups excluding carboxylic acids is 1. The number of methoxy groups -OCH3 is 1. The Bertz CT molecular complexity index is 196. The van der Waals surface area contributed by atoms with Crippen LogP contribution in [-0.2, 0) is 4.74 Å². The zero-order valence-electron chi connectivity index (χ0n) is 10.2. The lowest BCUT2D eigenvalue weighted by Crippen LogP contribution is -2.38. The van der Waals surface area contributed by atoms with Crippen molar-refractivity contribution >= 4 is 6.09 Å². The van der Waals surface area contributed by atoms with Crippen LogP contribution in [0.4, 0.5) is 4.79 Å². The van der Waals surface area contributed by atoms with Gasteiger partial charge in [0.25, 0.3) is 0 Å². The number of rotatable bonds is 3. The summed E-state index contributed by atoms with van der Waals surface area (Å²) in [4.78, 5) is 13.1. The van der Waals surface area contributed by atoms with Gasteiger partial charge >= 0.3 is 6.09 Å². The van der Waals surface area contributed by atoms with Crippen LogP contribution in [0.25, 0.3) is 0 Å². The molecule has 1 fully saturated rings. The smallest absolute Gasteiger partial charge is 0.409 e. The standard InChI is InChI=1S/C12H23NO2/c1-10(2)4-5-11-6-8-13(9-7-11)12(14)15-3/h10-11H,4-9H2,1-3H3. The number of piperidine rings is 1. The van der Waals surface area contributed by atoms with E-state index in [1.54, 1.807) is 0 Å². The minimum atomic E-state index is -0.169. The zero-order valence-corrected chi connectivity index (χ0v) is 10.2. The van der Waals surface area contributed by atoms with Gasteiger partial charge in [0.15, 0.2) is 0 Å². The molecule has 0 spiro atoms. The third kappa shape index (κ3) is 4.10. The first-order valence-electron chi connectivity index (χ1n) is 5.96. The molecule has 0 radical (unpaired) electrons. The normalized spacial score (nSPS) is 18.3. The average molecular weight is 213 g/mol. The molecule has 0 unspecified atom stereocenters. The highest BCUT2D eigenvalue weighted by Crippen LogP contribution is 2.23. The minimum absolute atomic E-state index is 0.169. The van der Waals surface area contributed by atoms with Crippen molar-refractivity contribution in [1.82, 2.24) is 4.90 Å². The maximum atomic E-state index is 11.2. The number of nitrogens with zero attached hydrogens (tertiary/aromatic N) is 1. The van der Waals surface area contributed by atoms with Crippen LogP contribution in [-0.4, -0.2) is 31.2 Å². The van der Waals surface area contributed by atoms with Gasteiger partial charge in [-0.2, -0.15) is 0 Å². The van der Waals surface area contributed by atoms with Crippen LogP contribution < -0.4 is 0 Å². The van der Waals surface area contributed by atoms with Gasteiger partial charge in [-0.05, 0) is 24.7 Å². The first kappa shape index (κ1) is 12.3. The molecule has 1 heterocycles. The summed E-state index contributed by atoms with van der Waals surface area (Å²) in [7, 11) is 1.45. The van der Waals surface area contributed by atoms with E-state index < -0.39 is 0 Å². The molecule has 0 atom stereocenters. The molecule has 0 aliphatic carbocycles. The molecule has 1 aliphatic heterocycles. The van der Waals surface area contributed by atoms with Gasteiger partial charge in [0.1, 0.15) is 0 Å². The van der Waals surface area contributed by atoms with Gasteiger partial charge in [0.05, 0.1) is 7.11 Å². The van der Waals surface area contributed by atoms with E-state index in [-0.39, 0.29) is 6.09 Å². The van der Waals surface area contributed by atoms with Gasteiger partial charge < -0.3 is 9.64 Å². The van der Waals surface area contributed by atoms with Crippen molar-refractivity contribution in [3.63, 3.8) is 0 Å². The third-order valence-corrected chi connectivity index (χ3v) is 3.20. The number of carbonyl (C=O) groups is 1. The minimum Gasteiger partial charge on any atom is -0.453 e. The second-order valence-electron chi connectivity index (χ2n) is 4.87. The van der Waals surface area contributed by atoms with Crippen LogP contribution >= 0.6 is 0 Å². The third-order valence-electron chi connectivity index (χ3n) is 3.20. The molecular formula is C12H23NO2. The molecule has 0 N–H and O–H groups in total. The molecule has 0 aromatic rings. The van der Waals surface area contributed by atoms with Crippen LogP contribution in [0, 0.1) is 11.8 Å². The second-order valence-corrected chi connectivity index (χ2v) is 4.87. The number of ether oxygens (including phenoxy) is 1. The lowest BCUT2D eigenvalue weighted by molar-refractivity contribution is 0.104. The van der Waals surface area contributed by atoms with Gasteiger partial charge in [-0.3, -0.25) is 0 Å². The van der Waals surface area contributed by atoms with Crippen LogP contribution in [0.3, 0.4) is 0 Å². The number of hydrogen-bond donors (Lipinski definition) is 0. The van der Waals surface area contributed by atoms with Crippen LogP contribution in [0.1, 0.15) is 39.5 Å². The second kappa shape index (κ2) is 5.99. The Morgan fingerprint density at radius 1 is 1.40 bits per heavy atom. The highest BCUT2D eigenvalue weighted by atomic mass is 16.5. The highest BCUT2D eigenvalue weighted by Gasteiger charge is 2.22. The first-order chi connectivity index (χ1) is 7.13. The predicted molar refractivity (Wildman–Crippen MR) is 60.8 cm³/mol. The van der Waals surface area contributed by atoms with E-state index in [0.29, 0.717) is 0 Å². The van der Waals surface area contributed by atoms with E-state index in [0.717, 1.165) is 37.8 Å². The molecule has 1 rings (SSSR count). The van der Waals surface area contributed by atoms with Gasteiger partial charge in [0, 0.05) is 13.1 Å². The SMILES string of the molecule is COC(=O)N1CCC(CCC(C)C)CC1. The Morgan fingerprint density at radius 2 is 2.00 bits per heavy atom. The quantitative estimate of drug-likeness (QED) is 0.721. The Morgan fingerprint density at radius 3 is 2.47 bits per heavy atom. The Hall–Kier alpha value is -0.730. The fourth-order valence-electron chi connectivity index (χ4n) is 2.10. The molecular weight excluding hydrogens is 190 g/mol. The predicted octanol–water partition coefficient (Wildman–Crippen LogP) is 2.90. The maximum absolute atomic E-state index is 11.2. The Labute approximate surface area is 92.8 Å². The summed E-state index contributed by atoms with van der Waals surface area (Å²) < 4.78 is 4.71. The van der Waals surface area contributed by atoms with E-state index in [1.165, 1.54) is 20.0 Å². The molecule has 0 aromatic heterocycles. The van der Waals surface area contributed by atoms with Crippen molar-refractivity contribution in [2.75, 3.05) is 20.2 Å². The fraction of sp³-hybridized carbons (Fsp3) is 0.917. The molecule has 3 heteroatoms.